The Morgan fingerprint density at radius 2 is 1.95 bits per heavy atom. The van der Waals surface area contributed by atoms with Crippen LogP contribution in [0.15, 0.2) is 30.7 Å². The fourth-order valence-electron chi connectivity index (χ4n) is 1.86. The van der Waals surface area contributed by atoms with Crippen molar-refractivity contribution < 1.29 is 4.74 Å². The second-order valence-electron chi connectivity index (χ2n) is 5.47. The van der Waals surface area contributed by atoms with Gasteiger partial charge in [-0.1, -0.05) is 19.9 Å². The first-order chi connectivity index (χ1) is 10.1. The number of nitrogens with one attached hydrogen (secondary N) is 1. The van der Waals surface area contributed by atoms with E-state index in [1.807, 2.05) is 32.0 Å². The zero-order valence-electron chi connectivity index (χ0n) is 13.0. The predicted octanol–water partition coefficient (Wildman–Crippen LogP) is 3.39. The minimum atomic E-state index is 0.102. The SMILES string of the molecule is CC(C)Oc1ncccc1CNc1cc(C(C)C)ncn1. The minimum absolute atomic E-state index is 0.102. The van der Waals surface area contributed by atoms with Gasteiger partial charge in [0.1, 0.15) is 12.1 Å². The zero-order chi connectivity index (χ0) is 15.2. The Labute approximate surface area is 125 Å². The van der Waals surface area contributed by atoms with Crippen LogP contribution < -0.4 is 10.1 Å². The van der Waals surface area contributed by atoms with Gasteiger partial charge in [-0.05, 0) is 25.8 Å². The molecule has 2 heterocycles. The molecule has 0 saturated carbocycles. The lowest BCUT2D eigenvalue weighted by molar-refractivity contribution is 0.230. The lowest BCUT2D eigenvalue weighted by atomic mass is 10.1. The molecule has 0 amide bonds. The first kappa shape index (κ1) is 15.2. The Kier molecular flexibility index (Phi) is 5.09. The van der Waals surface area contributed by atoms with E-state index in [0.717, 1.165) is 17.1 Å². The normalized spacial score (nSPS) is 11.0. The summed E-state index contributed by atoms with van der Waals surface area (Å²) in [7, 11) is 0. The van der Waals surface area contributed by atoms with Gasteiger partial charge in [0, 0.05) is 30.1 Å². The molecule has 2 aromatic rings. The molecule has 0 aliphatic rings. The van der Waals surface area contributed by atoms with Gasteiger partial charge in [0.2, 0.25) is 5.88 Å². The van der Waals surface area contributed by atoms with Crippen molar-refractivity contribution in [3.8, 4) is 5.88 Å². The van der Waals surface area contributed by atoms with Crippen LogP contribution in [-0.4, -0.2) is 21.1 Å². The number of anilines is 1. The van der Waals surface area contributed by atoms with Crippen LogP contribution in [0, 0.1) is 0 Å². The summed E-state index contributed by atoms with van der Waals surface area (Å²) in [6, 6.07) is 5.88. The van der Waals surface area contributed by atoms with Crippen molar-refractivity contribution >= 4 is 5.82 Å². The molecule has 5 nitrogen and oxygen atoms in total. The molecule has 0 saturated heterocycles. The third kappa shape index (κ3) is 4.41. The summed E-state index contributed by atoms with van der Waals surface area (Å²) in [5, 5.41) is 3.30. The fraction of sp³-hybridized carbons (Fsp3) is 0.438. The minimum Gasteiger partial charge on any atom is -0.475 e. The van der Waals surface area contributed by atoms with E-state index in [9.17, 15) is 0 Å². The van der Waals surface area contributed by atoms with Crippen LogP contribution in [0.3, 0.4) is 0 Å². The highest BCUT2D eigenvalue weighted by Gasteiger charge is 2.08. The fourth-order valence-corrected chi connectivity index (χ4v) is 1.86. The van der Waals surface area contributed by atoms with E-state index in [1.54, 1.807) is 12.5 Å². The molecule has 0 fully saturated rings. The van der Waals surface area contributed by atoms with Crippen LogP contribution in [0.4, 0.5) is 5.82 Å². The van der Waals surface area contributed by atoms with Gasteiger partial charge < -0.3 is 10.1 Å². The van der Waals surface area contributed by atoms with Crippen molar-refractivity contribution in [1.82, 2.24) is 15.0 Å². The highest BCUT2D eigenvalue weighted by molar-refractivity contribution is 5.38. The lowest BCUT2D eigenvalue weighted by Crippen LogP contribution is -2.11. The second-order valence-corrected chi connectivity index (χ2v) is 5.47. The van der Waals surface area contributed by atoms with Crippen LogP contribution >= 0.6 is 0 Å². The summed E-state index contributed by atoms with van der Waals surface area (Å²) in [4.78, 5) is 12.8. The molecule has 0 bridgehead atoms. The largest absolute Gasteiger partial charge is 0.475 e. The average molecular weight is 286 g/mol. The number of nitrogens with zero attached hydrogens (tertiary/aromatic N) is 3. The first-order valence-electron chi connectivity index (χ1n) is 7.22. The van der Waals surface area contributed by atoms with Crippen molar-refractivity contribution in [2.24, 2.45) is 0 Å². The molecule has 0 aliphatic carbocycles. The van der Waals surface area contributed by atoms with Gasteiger partial charge in [-0.2, -0.15) is 0 Å². The van der Waals surface area contributed by atoms with Crippen LogP contribution in [0.5, 0.6) is 5.88 Å². The number of hydrogen-bond acceptors (Lipinski definition) is 5. The maximum atomic E-state index is 5.71. The van der Waals surface area contributed by atoms with Crippen molar-refractivity contribution in [3.05, 3.63) is 42.0 Å². The van der Waals surface area contributed by atoms with E-state index in [0.29, 0.717) is 18.3 Å². The monoisotopic (exact) mass is 286 g/mol. The number of hydrogen-bond donors (Lipinski definition) is 1. The van der Waals surface area contributed by atoms with E-state index in [4.69, 9.17) is 4.74 Å². The number of ether oxygens (including phenoxy) is 1. The van der Waals surface area contributed by atoms with Crippen molar-refractivity contribution in [1.29, 1.82) is 0 Å². The van der Waals surface area contributed by atoms with E-state index < -0.39 is 0 Å². The molecule has 2 aromatic heterocycles. The summed E-state index contributed by atoms with van der Waals surface area (Å²) in [6.45, 7) is 8.82. The molecule has 0 atom stereocenters. The molecular weight excluding hydrogens is 264 g/mol. The topological polar surface area (TPSA) is 59.9 Å². The molecule has 0 radical (unpaired) electrons. The van der Waals surface area contributed by atoms with Crippen LogP contribution in [0.25, 0.3) is 0 Å². The molecule has 0 unspecified atom stereocenters. The maximum absolute atomic E-state index is 5.71. The van der Waals surface area contributed by atoms with E-state index >= 15 is 0 Å². The third-order valence-electron chi connectivity index (χ3n) is 2.94. The van der Waals surface area contributed by atoms with Crippen molar-refractivity contribution in [2.75, 3.05) is 5.32 Å². The summed E-state index contributed by atoms with van der Waals surface area (Å²) in [5.41, 5.74) is 2.04. The van der Waals surface area contributed by atoms with Crippen LogP contribution in [-0.2, 0) is 6.54 Å². The Hall–Kier alpha value is -2.17. The van der Waals surface area contributed by atoms with Gasteiger partial charge in [0.15, 0.2) is 0 Å². The average Bonchev–Trinajstić information content (AvgIpc) is 2.46. The maximum Gasteiger partial charge on any atom is 0.218 e. The van der Waals surface area contributed by atoms with Gasteiger partial charge in [-0.3, -0.25) is 0 Å². The standard InChI is InChI=1S/C16H22N4O/c1-11(2)14-8-15(20-10-19-14)18-9-13-6-5-7-17-16(13)21-12(3)4/h5-8,10-12H,9H2,1-4H3,(H,18,19,20). The van der Waals surface area contributed by atoms with Gasteiger partial charge in [0.25, 0.3) is 0 Å². The smallest absolute Gasteiger partial charge is 0.218 e. The molecule has 0 aliphatic heterocycles. The molecule has 0 aromatic carbocycles. The number of rotatable bonds is 6. The quantitative estimate of drug-likeness (QED) is 0.882. The number of pyridine rings is 1. The van der Waals surface area contributed by atoms with Crippen LogP contribution in [0.1, 0.15) is 44.9 Å². The molecule has 21 heavy (non-hydrogen) atoms. The third-order valence-corrected chi connectivity index (χ3v) is 2.94. The Bertz CT molecular complexity index is 584. The number of aromatic nitrogens is 3. The summed E-state index contributed by atoms with van der Waals surface area (Å²) < 4.78 is 5.71. The molecule has 2 rings (SSSR count). The summed E-state index contributed by atoms with van der Waals surface area (Å²) >= 11 is 0. The highest BCUT2D eigenvalue weighted by Crippen LogP contribution is 2.18. The first-order valence-corrected chi connectivity index (χ1v) is 7.22. The van der Waals surface area contributed by atoms with Crippen LogP contribution in [0.2, 0.25) is 0 Å². The Balaban J connectivity index is 2.08. The van der Waals surface area contributed by atoms with E-state index in [1.165, 1.54) is 0 Å². The Morgan fingerprint density at radius 3 is 2.67 bits per heavy atom. The molecule has 1 N–H and O–H groups in total. The summed E-state index contributed by atoms with van der Waals surface area (Å²) in [6.07, 6.45) is 3.43. The highest BCUT2D eigenvalue weighted by atomic mass is 16.5. The molecule has 5 heteroatoms. The zero-order valence-corrected chi connectivity index (χ0v) is 13.0. The van der Waals surface area contributed by atoms with Gasteiger partial charge in [0.05, 0.1) is 6.10 Å². The van der Waals surface area contributed by atoms with Gasteiger partial charge in [-0.25, -0.2) is 15.0 Å². The van der Waals surface area contributed by atoms with E-state index in [2.05, 4.69) is 34.1 Å². The molecule has 112 valence electrons. The van der Waals surface area contributed by atoms with Gasteiger partial charge in [-0.15, -0.1) is 0 Å². The predicted molar refractivity (Wildman–Crippen MR) is 83.4 cm³/mol. The Morgan fingerprint density at radius 1 is 1.14 bits per heavy atom. The van der Waals surface area contributed by atoms with E-state index in [-0.39, 0.29) is 6.10 Å². The van der Waals surface area contributed by atoms with Gasteiger partial charge >= 0.3 is 0 Å². The van der Waals surface area contributed by atoms with Crippen molar-refractivity contribution in [2.45, 2.75) is 46.3 Å². The lowest BCUT2D eigenvalue weighted by Gasteiger charge is -2.14. The molecule has 0 spiro atoms. The summed E-state index contributed by atoms with van der Waals surface area (Å²) in [5.74, 6) is 1.86. The van der Waals surface area contributed by atoms with Crippen molar-refractivity contribution in [3.63, 3.8) is 0 Å². The second kappa shape index (κ2) is 7.02. The molecular formula is C16H22N4O.